The highest BCUT2D eigenvalue weighted by molar-refractivity contribution is 5.99. The van der Waals surface area contributed by atoms with Gasteiger partial charge < -0.3 is 15.5 Å². The molecule has 4 aromatic rings. The molecule has 2 heterocycles. The van der Waals surface area contributed by atoms with Gasteiger partial charge in [-0.2, -0.15) is 0 Å². The number of anilines is 2. The second-order valence-electron chi connectivity index (χ2n) is 8.33. The van der Waals surface area contributed by atoms with Crippen LogP contribution in [0.4, 0.5) is 11.5 Å². The van der Waals surface area contributed by atoms with Gasteiger partial charge in [-0.15, -0.1) is 0 Å². The van der Waals surface area contributed by atoms with Gasteiger partial charge in [-0.1, -0.05) is 49.7 Å². The molecule has 0 saturated carbocycles. The molecule has 9 nitrogen and oxygen atoms in total. The summed E-state index contributed by atoms with van der Waals surface area (Å²) in [4.78, 5) is 46.1. The molecule has 1 amide bonds. The summed E-state index contributed by atoms with van der Waals surface area (Å²) in [6.45, 7) is 2.38. The fourth-order valence-corrected chi connectivity index (χ4v) is 4.21. The Balaban J connectivity index is 1.81. The molecule has 4 N–H and O–H groups in total. The summed E-state index contributed by atoms with van der Waals surface area (Å²) in [5.74, 6) is 0.208. The first kappa shape index (κ1) is 23.9. The molecule has 2 aromatic heterocycles. The Morgan fingerprint density at radius 1 is 1.09 bits per heavy atom. The molecule has 0 saturated heterocycles. The number of para-hydroxylation sites is 2. The number of hydrogen-bond donors (Lipinski definition) is 3. The molecule has 182 valence electrons. The number of amides is 1. The number of hydrogen-bond acceptors (Lipinski definition) is 5. The van der Waals surface area contributed by atoms with E-state index < -0.39 is 11.2 Å². The van der Waals surface area contributed by atoms with E-state index in [0.717, 1.165) is 22.9 Å². The number of nitrogens with zero attached hydrogens (tertiary/aromatic N) is 2. The zero-order valence-corrected chi connectivity index (χ0v) is 19.8. The lowest BCUT2D eigenvalue weighted by atomic mass is 10.1. The molecule has 0 bridgehead atoms. The zero-order valence-electron chi connectivity index (χ0n) is 19.8. The summed E-state index contributed by atoms with van der Waals surface area (Å²) < 4.78 is 6.78. The normalized spacial score (nSPS) is 11.0. The number of ether oxygens (including phenoxy) is 1. The van der Waals surface area contributed by atoms with Gasteiger partial charge in [0.05, 0.1) is 20.1 Å². The average Bonchev–Trinajstić information content (AvgIpc) is 3.26. The largest absolute Gasteiger partial charge is 0.496 e. The van der Waals surface area contributed by atoms with Crippen LogP contribution in [0.5, 0.6) is 5.75 Å². The number of fused-ring (bicyclic) bond motifs is 1. The van der Waals surface area contributed by atoms with Crippen LogP contribution in [-0.2, 0) is 24.3 Å². The molecule has 0 fully saturated rings. The monoisotopic (exact) mass is 475 g/mol. The van der Waals surface area contributed by atoms with Gasteiger partial charge in [-0.3, -0.25) is 24.0 Å². The minimum absolute atomic E-state index is 0.0330. The first-order valence-electron chi connectivity index (χ1n) is 11.5. The van der Waals surface area contributed by atoms with Gasteiger partial charge in [0.1, 0.15) is 11.6 Å². The van der Waals surface area contributed by atoms with Crippen LogP contribution in [0.3, 0.4) is 0 Å². The smallest absolute Gasteiger partial charge is 0.330 e. The SMILES string of the molecule is CCCCn1c(N)c(N(Cc2ccccc2OC)C(=O)Cc2c[nH]c3ccccc23)c(=O)[nH]c1=O. The molecule has 0 radical (unpaired) electrons. The van der Waals surface area contributed by atoms with Crippen LogP contribution in [0.1, 0.15) is 30.9 Å². The quantitative estimate of drug-likeness (QED) is 0.343. The summed E-state index contributed by atoms with van der Waals surface area (Å²) >= 11 is 0. The molecule has 0 spiro atoms. The van der Waals surface area contributed by atoms with Crippen molar-refractivity contribution < 1.29 is 9.53 Å². The molecule has 2 aromatic carbocycles. The van der Waals surface area contributed by atoms with E-state index in [2.05, 4.69) is 9.97 Å². The van der Waals surface area contributed by atoms with Crippen LogP contribution in [0.25, 0.3) is 10.9 Å². The number of aromatic nitrogens is 3. The second kappa shape index (κ2) is 10.3. The molecule has 0 aliphatic rings. The summed E-state index contributed by atoms with van der Waals surface area (Å²) in [7, 11) is 1.54. The molecule has 35 heavy (non-hydrogen) atoms. The van der Waals surface area contributed by atoms with Crippen LogP contribution in [0.2, 0.25) is 0 Å². The van der Waals surface area contributed by atoms with Gasteiger partial charge in [0, 0.05) is 29.2 Å². The summed E-state index contributed by atoms with van der Waals surface area (Å²) in [5, 5.41) is 0.924. The van der Waals surface area contributed by atoms with Crippen molar-refractivity contribution in [1.29, 1.82) is 0 Å². The van der Waals surface area contributed by atoms with Gasteiger partial charge in [-0.25, -0.2) is 4.79 Å². The Hall–Kier alpha value is -4.27. The predicted octanol–water partition coefficient (Wildman–Crippen LogP) is 3.18. The van der Waals surface area contributed by atoms with Crippen molar-refractivity contribution in [3.05, 3.63) is 86.7 Å². The maximum Gasteiger partial charge on any atom is 0.330 e. The van der Waals surface area contributed by atoms with Crippen molar-refractivity contribution in [2.75, 3.05) is 17.7 Å². The zero-order chi connectivity index (χ0) is 24.9. The van der Waals surface area contributed by atoms with Gasteiger partial charge in [0.25, 0.3) is 5.56 Å². The van der Waals surface area contributed by atoms with E-state index in [-0.39, 0.29) is 30.4 Å². The number of carbonyl (C=O) groups is 1. The fraction of sp³-hybridized carbons (Fsp3) is 0.269. The lowest BCUT2D eigenvalue weighted by Gasteiger charge is -2.25. The Labute approximate surface area is 202 Å². The number of methoxy groups -OCH3 is 1. The minimum atomic E-state index is -0.706. The third kappa shape index (κ3) is 4.84. The highest BCUT2D eigenvalue weighted by Gasteiger charge is 2.26. The minimum Gasteiger partial charge on any atom is -0.496 e. The third-order valence-corrected chi connectivity index (χ3v) is 6.06. The third-order valence-electron chi connectivity index (χ3n) is 6.06. The van der Waals surface area contributed by atoms with E-state index in [0.29, 0.717) is 24.3 Å². The highest BCUT2D eigenvalue weighted by atomic mass is 16.5. The highest BCUT2D eigenvalue weighted by Crippen LogP contribution is 2.26. The number of rotatable bonds is 9. The maximum atomic E-state index is 13.7. The van der Waals surface area contributed by atoms with Crippen LogP contribution in [0, 0.1) is 0 Å². The summed E-state index contributed by atoms with van der Waals surface area (Å²) in [5.41, 5.74) is 7.43. The Kier molecular flexibility index (Phi) is 7.05. The standard InChI is InChI=1S/C26H29N5O4/c1-3-4-13-30-24(27)23(25(33)29-26(30)34)31(16-17-9-5-8-12-21(17)35-2)22(32)14-18-15-28-20-11-7-6-10-19(18)20/h5-12,15,28H,3-4,13-14,16,27H2,1-2H3,(H,29,33,34). The lowest BCUT2D eigenvalue weighted by molar-refractivity contribution is -0.118. The molecule has 9 heteroatoms. The van der Waals surface area contributed by atoms with Crippen molar-refractivity contribution in [3.8, 4) is 5.75 Å². The molecule has 0 unspecified atom stereocenters. The molecule has 0 aliphatic heterocycles. The van der Waals surface area contributed by atoms with Gasteiger partial charge in [0.2, 0.25) is 5.91 Å². The summed E-state index contributed by atoms with van der Waals surface area (Å²) in [6, 6.07) is 15.0. The predicted molar refractivity (Wildman–Crippen MR) is 137 cm³/mol. The number of H-pyrrole nitrogens is 2. The van der Waals surface area contributed by atoms with E-state index in [4.69, 9.17) is 10.5 Å². The van der Waals surface area contributed by atoms with E-state index in [1.165, 1.54) is 9.47 Å². The van der Waals surface area contributed by atoms with E-state index in [1.807, 2.05) is 49.4 Å². The number of nitrogens with two attached hydrogens (primary N) is 1. The number of benzene rings is 2. The Bertz CT molecular complexity index is 1470. The van der Waals surface area contributed by atoms with Crippen molar-refractivity contribution in [2.45, 2.75) is 39.3 Å². The Morgan fingerprint density at radius 3 is 2.60 bits per heavy atom. The molecular weight excluding hydrogens is 446 g/mol. The average molecular weight is 476 g/mol. The lowest BCUT2D eigenvalue weighted by Crippen LogP contribution is -2.41. The van der Waals surface area contributed by atoms with Crippen LogP contribution < -0.4 is 26.6 Å². The number of nitrogen functional groups attached to an aromatic ring is 1. The van der Waals surface area contributed by atoms with E-state index in [9.17, 15) is 14.4 Å². The van der Waals surface area contributed by atoms with Crippen molar-refractivity contribution in [3.63, 3.8) is 0 Å². The topological polar surface area (TPSA) is 126 Å². The van der Waals surface area contributed by atoms with Crippen molar-refractivity contribution >= 4 is 28.3 Å². The van der Waals surface area contributed by atoms with Crippen molar-refractivity contribution in [1.82, 2.24) is 14.5 Å². The molecule has 4 rings (SSSR count). The first-order chi connectivity index (χ1) is 16.9. The molecule has 0 atom stereocenters. The maximum absolute atomic E-state index is 13.7. The Morgan fingerprint density at radius 2 is 1.83 bits per heavy atom. The van der Waals surface area contributed by atoms with Crippen LogP contribution >= 0.6 is 0 Å². The number of nitrogens with one attached hydrogen (secondary N) is 2. The number of aromatic amines is 2. The van der Waals surface area contributed by atoms with Crippen LogP contribution in [-0.4, -0.2) is 27.6 Å². The van der Waals surface area contributed by atoms with Crippen LogP contribution in [0.15, 0.2) is 64.3 Å². The first-order valence-corrected chi connectivity index (χ1v) is 11.5. The molecular formula is C26H29N5O4. The van der Waals surface area contributed by atoms with Gasteiger partial charge in [0.15, 0.2) is 5.69 Å². The number of unbranched alkanes of at least 4 members (excludes halogenated alkanes) is 1. The second-order valence-corrected chi connectivity index (χ2v) is 8.33. The molecule has 0 aliphatic carbocycles. The van der Waals surface area contributed by atoms with Gasteiger partial charge >= 0.3 is 5.69 Å². The number of carbonyl (C=O) groups excluding carboxylic acids is 1. The fourth-order valence-electron chi connectivity index (χ4n) is 4.21. The van der Waals surface area contributed by atoms with Gasteiger partial charge in [-0.05, 0) is 24.1 Å². The van der Waals surface area contributed by atoms with Crippen molar-refractivity contribution in [2.24, 2.45) is 0 Å². The van der Waals surface area contributed by atoms with E-state index >= 15 is 0 Å². The summed E-state index contributed by atoms with van der Waals surface area (Å²) in [6.07, 6.45) is 3.36. The van der Waals surface area contributed by atoms with E-state index in [1.54, 1.807) is 19.4 Å².